The van der Waals surface area contributed by atoms with E-state index in [2.05, 4.69) is 48.5 Å². The van der Waals surface area contributed by atoms with Gasteiger partial charge in [-0.25, -0.2) is 0 Å². The van der Waals surface area contributed by atoms with Gasteiger partial charge in [-0.2, -0.15) is 0 Å². The molecule has 0 amide bonds. The molecule has 0 fully saturated rings. The van der Waals surface area contributed by atoms with E-state index in [1.807, 2.05) is 13.8 Å². The van der Waals surface area contributed by atoms with Gasteiger partial charge >= 0.3 is 0 Å². The molecule has 0 aliphatic rings. The molecule has 0 radical (unpaired) electrons. The summed E-state index contributed by atoms with van der Waals surface area (Å²) in [6, 6.07) is 0. The molecule has 0 atom stereocenters. The molecule has 0 heteroatoms. The van der Waals surface area contributed by atoms with Crippen LogP contribution in [-0.2, 0) is 0 Å². The van der Waals surface area contributed by atoms with Gasteiger partial charge in [0, 0.05) is 0 Å². The van der Waals surface area contributed by atoms with Gasteiger partial charge in [0.2, 0.25) is 0 Å². The van der Waals surface area contributed by atoms with Crippen LogP contribution in [0.4, 0.5) is 0 Å². The summed E-state index contributed by atoms with van der Waals surface area (Å²) in [4.78, 5) is 0. The van der Waals surface area contributed by atoms with Gasteiger partial charge in [-0.05, 0) is 5.92 Å². The fourth-order valence-corrected chi connectivity index (χ4v) is 0. The van der Waals surface area contributed by atoms with Gasteiger partial charge in [-0.15, -0.1) is 0 Å². The minimum Gasteiger partial charge on any atom is -0.0683 e. The highest BCUT2D eigenvalue weighted by Crippen LogP contribution is 1.93. The number of hydrogen-bond donors (Lipinski definition) is 0. The van der Waals surface area contributed by atoms with E-state index in [0.29, 0.717) is 0 Å². The zero-order valence-electron chi connectivity index (χ0n) is 12.4. The van der Waals surface area contributed by atoms with Gasteiger partial charge in [-0.1, -0.05) is 88.0 Å². The lowest BCUT2D eigenvalue weighted by Crippen LogP contribution is -1.77. The molecule has 0 N–H and O–H groups in total. The van der Waals surface area contributed by atoms with Crippen LogP contribution in [0.25, 0.3) is 0 Å². The first kappa shape index (κ1) is 23.7. The fraction of sp³-hybridized carbons (Fsp3) is 1.00. The molecule has 0 nitrogen and oxygen atoms in total. The van der Waals surface area contributed by atoms with Gasteiger partial charge in [-0.3, -0.25) is 0 Å². The Labute approximate surface area is 94.5 Å². The summed E-state index contributed by atoms with van der Waals surface area (Å²) in [5.41, 5.74) is 0. The zero-order chi connectivity index (χ0) is 12.4. The molecule has 0 aromatic carbocycles. The molecule has 0 aromatic heterocycles. The Morgan fingerprint density at radius 1 is 0.714 bits per heavy atom. The van der Waals surface area contributed by atoms with Crippen LogP contribution in [0.15, 0.2) is 0 Å². The maximum Gasteiger partial charge on any atom is -0.0474 e. The van der Waals surface area contributed by atoms with Gasteiger partial charge in [0.15, 0.2) is 0 Å². The first-order valence-electron chi connectivity index (χ1n) is 6.60. The van der Waals surface area contributed by atoms with E-state index < -0.39 is 0 Å². The van der Waals surface area contributed by atoms with Crippen molar-refractivity contribution >= 4 is 0 Å². The summed E-state index contributed by atoms with van der Waals surface area (Å²) in [5.74, 6) is 0.884. The quantitative estimate of drug-likeness (QED) is 0.495. The second-order valence-corrected chi connectivity index (χ2v) is 3.51. The summed E-state index contributed by atoms with van der Waals surface area (Å²) in [5, 5.41) is 0. The molecule has 92 valence electrons. The smallest absolute Gasteiger partial charge is 0.0474 e. The van der Waals surface area contributed by atoms with E-state index in [0.717, 1.165) is 5.92 Å². The fourth-order valence-electron chi connectivity index (χ4n) is 0. The van der Waals surface area contributed by atoms with Crippen molar-refractivity contribution in [2.45, 2.75) is 88.0 Å². The summed E-state index contributed by atoms with van der Waals surface area (Å²) >= 11 is 0. The highest BCUT2D eigenvalue weighted by atomic mass is 13.9. The first-order valence-corrected chi connectivity index (χ1v) is 6.60. The van der Waals surface area contributed by atoms with Crippen molar-refractivity contribution in [2.75, 3.05) is 0 Å². The van der Waals surface area contributed by atoms with E-state index in [-0.39, 0.29) is 0 Å². The second kappa shape index (κ2) is 38.2. The molecule has 0 unspecified atom stereocenters. The monoisotopic (exact) mass is 204 g/mol. The van der Waals surface area contributed by atoms with Crippen molar-refractivity contribution in [3.63, 3.8) is 0 Å². The van der Waals surface area contributed by atoms with Crippen molar-refractivity contribution < 1.29 is 0 Å². The summed E-state index contributed by atoms with van der Waals surface area (Å²) < 4.78 is 0. The molecular formula is C14H36. The molecule has 0 heterocycles. The molecule has 14 heavy (non-hydrogen) atoms. The number of hydrogen-bond acceptors (Lipinski definition) is 0. The van der Waals surface area contributed by atoms with Crippen LogP contribution >= 0.6 is 0 Å². The average Bonchev–Trinajstić information content (AvgIpc) is 2.22. The topological polar surface area (TPSA) is 0 Å². The standard InChI is InChI=1S/C5H12.C4H10.C3H8.C2H6/c1-4-5(2)3;1-3-4-2;1-3-2;1-2/h5H,4H2,1-3H3;3-4H2,1-2H3;3H2,1-2H3;1-2H3. The third-order valence-corrected chi connectivity index (χ3v) is 1.32. The summed E-state index contributed by atoms with van der Waals surface area (Å²) in [6.45, 7) is 19.3. The van der Waals surface area contributed by atoms with Crippen LogP contribution in [0.5, 0.6) is 0 Å². The normalized spacial score (nSPS) is 7.29. The van der Waals surface area contributed by atoms with Crippen molar-refractivity contribution in [2.24, 2.45) is 5.92 Å². The lowest BCUT2D eigenvalue weighted by atomic mass is 10.2. The van der Waals surface area contributed by atoms with Gasteiger partial charge < -0.3 is 0 Å². The molecule has 0 aliphatic heterocycles. The van der Waals surface area contributed by atoms with Crippen molar-refractivity contribution in [3.05, 3.63) is 0 Å². The van der Waals surface area contributed by atoms with Gasteiger partial charge in [0.1, 0.15) is 0 Å². The average molecular weight is 204 g/mol. The minimum atomic E-state index is 0.884. The number of rotatable bonds is 2. The zero-order valence-corrected chi connectivity index (χ0v) is 12.4. The molecule has 0 aromatic rings. The maximum atomic E-state index is 2.22. The minimum absolute atomic E-state index is 0.884. The molecular weight excluding hydrogens is 168 g/mol. The largest absolute Gasteiger partial charge is 0.0683 e. The van der Waals surface area contributed by atoms with Crippen LogP contribution in [0, 0.1) is 5.92 Å². The Balaban J connectivity index is -0.0000000505. The maximum absolute atomic E-state index is 2.22. The highest BCUT2D eigenvalue weighted by molar-refractivity contribution is 4.32. The predicted molar refractivity (Wildman–Crippen MR) is 73.0 cm³/mol. The molecule has 0 spiro atoms. The molecule has 0 rings (SSSR count). The number of unbranched alkanes of at least 4 members (excludes halogenated alkanes) is 1. The Bertz CT molecular complexity index is 35.3. The van der Waals surface area contributed by atoms with E-state index >= 15 is 0 Å². The van der Waals surface area contributed by atoms with E-state index in [4.69, 9.17) is 0 Å². The van der Waals surface area contributed by atoms with Gasteiger partial charge in [0.05, 0.1) is 0 Å². The molecule has 0 saturated heterocycles. The predicted octanol–water partition coefficient (Wildman–Crippen LogP) is 6.30. The molecule has 0 aliphatic carbocycles. The second-order valence-electron chi connectivity index (χ2n) is 3.51. The van der Waals surface area contributed by atoms with Crippen LogP contribution < -0.4 is 0 Å². The van der Waals surface area contributed by atoms with Crippen LogP contribution in [-0.4, -0.2) is 0 Å². The Morgan fingerprint density at radius 2 is 0.857 bits per heavy atom. The lowest BCUT2D eigenvalue weighted by molar-refractivity contribution is 0.626. The van der Waals surface area contributed by atoms with Gasteiger partial charge in [0.25, 0.3) is 0 Å². The van der Waals surface area contributed by atoms with Crippen LogP contribution in [0.2, 0.25) is 0 Å². The van der Waals surface area contributed by atoms with E-state index in [1.54, 1.807) is 0 Å². The summed E-state index contributed by atoms with van der Waals surface area (Å²) in [6.07, 6.45) is 5.19. The third-order valence-electron chi connectivity index (χ3n) is 1.32. The van der Waals surface area contributed by atoms with Crippen LogP contribution in [0.1, 0.15) is 88.0 Å². The highest BCUT2D eigenvalue weighted by Gasteiger charge is 1.80. The Kier molecular flexibility index (Phi) is 64.6. The molecule has 0 saturated carbocycles. The van der Waals surface area contributed by atoms with Crippen LogP contribution in [0.3, 0.4) is 0 Å². The first-order chi connectivity index (χ1) is 6.60. The Hall–Kier alpha value is 0. The van der Waals surface area contributed by atoms with Crippen molar-refractivity contribution in [3.8, 4) is 0 Å². The lowest BCUT2D eigenvalue weighted by Gasteiger charge is -1.90. The SMILES string of the molecule is CC.CCC.CCC(C)C.CCCC. The Morgan fingerprint density at radius 3 is 0.857 bits per heavy atom. The van der Waals surface area contributed by atoms with Crippen molar-refractivity contribution in [1.29, 1.82) is 0 Å². The van der Waals surface area contributed by atoms with Crippen molar-refractivity contribution in [1.82, 2.24) is 0 Å². The van der Waals surface area contributed by atoms with E-state index in [1.165, 1.54) is 25.7 Å². The van der Waals surface area contributed by atoms with E-state index in [9.17, 15) is 0 Å². The third kappa shape index (κ3) is 161. The summed E-state index contributed by atoms with van der Waals surface area (Å²) in [7, 11) is 0. The molecule has 0 bridgehead atoms.